The average molecular weight is 248 g/mol. The van der Waals surface area contributed by atoms with Gasteiger partial charge in [0.05, 0.1) is 12.2 Å². The first-order valence-electron chi connectivity index (χ1n) is 6.50. The Morgan fingerprint density at radius 2 is 2.17 bits per heavy atom. The number of hydrogen-bond donors (Lipinski definition) is 1. The highest BCUT2D eigenvalue weighted by Crippen LogP contribution is 2.03. The summed E-state index contributed by atoms with van der Waals surface area (Å²) in [6.07, 6.45) is 0. The number of nitrogens with two attached hydrogens (primary N) is 1. The monoisotopic (exact) mass is 248 g/mol. The largest absolute Gasteiger partial charge is 0.370 e. The Labute approximate surface area is 110 Å². The molecule has 100 valence electrons. The van der Waals surface area contributed by atoms with Crippen molar-refractivity contribution in [1.29, 1.82) is 0 Å². The summed E-state index contributed by atoms with van der Waals surface area (Å²) < 4.78 is 0. The van der Waals surface area contributed by atoms with Crippen molar-refractivity contribution in [3.05, 3.63) is 29.6 Å². The fourth-order valence-electron chi connectivity index (χ4n) is 1.61. The summed E-state index contributed by atoms with van der Waals surface area (Å²) in [5, 5.41) is 0. The van der Waals surface area contributed by atoms with Crippen molar-refractivity contribution in [3.8, 4) is 0 Å². The minimum atomic E-state index is 0.527. The van der Waals surface area contributed by atoms with Gasteiger partial charge in [-0.2, -0.15) is 0 Å². The van der Waals surface area contributed by atoms with Crippen molar-refractivity contribution in [2.24, 2.45) is 16.6 Å². The summed E-state index contributed by atoms with van der Waals surface area (Å²) in [4.78, 5) is 10.9. The predicted molar refractivity (Wildman–Crippen MR) is 76.4 cm³/mol. The third kappa shape index (κ3) is 4.73. The van der Waals surface area contributed by atoms with Crippen molar-refractivity contribution >= 4 is 5.96 Å². The van der Waals surface area contributed by atoms with E-state index in [4.69, 9.17) is 5.73 Å². The van der Waals surface area contributed by atoms with E-state index in [0.717, 1.165) is 24.5 Å². The summed E-state index contributed by atoms with van der Waals surface area (Å²) in [5.41, 5.74) is 8.07. The SMILES string of the molecule is CCN(Cc1cccc(C)n1)C(N)=NCC(C)C. The molecular weight excluding hydrogens is 224 g/mol. The van der Waals surface area contributed by atoms with Gasteiger partial charge in [0.2, 0.25) is 0 Å². The van der Waals surface area contributed by atoms with Gasteiger partial charge in [0.1, 0.15) is 0 Å². The molecule has 18 heavy (non-hydrogen) atoms. The van der Waals surface area contributed by atoms with Crippen LogP contribution in [0.3, 0.4) is 0 Å². The number of aryl methyl sites for hydroxylation is 1. The van der Waals surface area contributed by atoms with Crippen LogP contribution in [0.2, 0.25) is 0 Å². The fourth-order valence-corrected chi connectivity index (χ4v) is 1.61. The molecule has 0 radical (unpaired) electrons. The second-order valence-electron chi connectivity index (χ2n) is 4.88. The summed E-state index contributed by atoms with van der Waals surface area (Å²) in [6.45, 7) is 10.7. The summed E-state index contributed by atoms with van der Waals surface area (Å²) >= 11 is 0. The van der Waals surface area contributed by atoms with Crippen LogP contribution in [-0.4, -0.2) is 28.9 Å². The maximum absolute atomic E-state index is 6.01. The first-order chi connectivity index (χ1) is 8.52. The maximum Gasteiger partial charge on any atom is 0.191 e. The second-order valence-corrected chi connectivity index (χ2v) is 4.88. The van der Waals surface area contributed by atoms with Crippen LogP contribution in [0, 0.1) is 12.8 Å². The lowest BCUT2D eigenvalue weighted by Crippen LogP contribution is -2.37. The standard InChI is InChI=1S/C14H24N4/c1-5-18(14(15)16-9-11(2)3)10-13-8-6-7-12(4)17-13/h6-8,11H,5,9-10H2,1-4H3,(H2,15,16). The molecule has 0 spiro atoms. The van der Waals surface area contributed by atoms with Gasteiger partial charge >= 0.3 is 0 Å². The lowest BCUT2D eigenvalue weighted by molar-refractivity contribution is 0.421. The van der Waals surface area contributed by atoms with Crippen molar-refractivity contribution in [1.82, 2.24) is 9.88 Å². The minimum absolute atomic E-state index is 0.527. The van der Waals surface area contributed by atoms with Gasteiger partial charge in [0, 0.05) is 18.8 Å². The minimum Gasteiger partial charge on any atom is -0.370 e. The normalized spacial score (nSPS) is 11.9. The summed E-state index contributed by atoms with van der Waals surface area (Å²) in [5.74, 6) is 1.13. The lowest BCUT2D eigenvalue weighted by atomic mass is 10.2. The topological polar surface area (TPSA) is 54.5 Å². The van der Waals surface area contributed by atoms with Gasteiger partial charge in [0.25, 0.3) is 0 Å². The van der Waals surface area contributed by atoms with Crippen LogP contribution in [0.1, 0.15) is 32.2 Å². The van der Waals surface area contributed by atoms with Gasteiger partial charge in [-0.05, 0) is 31.9 Å². The molecular formula is C14H24N4. The molecule has 4 nitrogen and oxygen atoms in total. The van der Waals surface area contributed by atoms with Gasteiger partial charge in [-0.25, -0.2) is 0 Å². The molecule has 4 heteroatoms. The van der Waals surface area contributed by atoms with E-state index < -0.39 is 0 Å². The van der Waals surface area contributed by atoms with Crippen LogP contribution in [0.15, 0.2) is 23.2 Å². The van der Waals surface area contributed by atoms with Crippen molar-refractivity contribution in [2.75, 3.05) is 13.1 Å². The Hall–Kier alpha value is -1.58. The van der Waals surface area contributed by atoms with Gasteiger partial charge in [-0.15, -0.1) is 0 Å². The smallest absolute Gasteiger partial charge is 0.191 e. The highest BCUT2D eigenvalue weighted by atomic mass is 15.2. The molecule has 0 aliphatic carbocycles. The number of rotatable bonds is 5. The zero-order valence-electron chi connectivity index (χ0n) is 11.8. The molecule has 1 heterocycles. The molecule has 1 rings (SSSR count). The Kier molecular flexibility index (Phi) is 5.62. The Morgan fingerprint density at radius 1 is 1.44 bits per heavy atom. The molecule has 0 atom stereocenters. The Morgan fingerprint density at radius 3 is 2.72 bits per heavy atom. The third-order valence-electron chi connectivity index (χ3n) is 2.62. The van der Waals surface area contributed by atoms with Crippen LogP contribution in [0.25, 0.3) is 0 Å². The van der Waals surface area contributed by atoms with Crippen LogP contribution in [0.5, 0.6) is 0 Å². The number of guanidine groups is 1. The van der Waals surface area contributed by atoms with Crippen LogP contribution in [0.4, 0.5) is 0 Å². The van der Waals surface area contributed by atoms with E-state index in [1.807, 2.05) is 30.0 Å². The number of nitrogens with zero attached hydrogens (tertiary/aromatic N) is 3. The van der Waals surface area contributed by atoms with Gasteiger partial charge in [-0.1, -0.05) is 19.9 Å². The van der Waals surface area contributed by atoms with E-state index in [2.05, 4.69) is 30.7 Å². The van der Waals surface area contributed by atoms with E-state index in [1.165, 1.54) is 0 Å². The van der Waals surface area contributed by atoms with Gasteiger partial charge < -0.3 is 10.6 Å². The van der Waals surface area contributed by atoms with Gasteiger partial charge in [-0.3, -0.25) is 9.98 Å². The summed E-state index contributed by atoms with van der Waals surface area (Å²) in [7, 11) is 0. The van der Waals surface area contributed by atoms with Crippen LogP contribution >= 0.6 is 0 Å². The number of pyridine rings is 1. The highest BCUT2D eigenvalue weighted by Gasteiger charge is 2.07. The molecule has 0 aromatic carbocycles. The second kappa shape index (κ2) is 6.99. The fraction of sp³-hybridized carbons (Fsp3) is 0.571. The molecule has 2 N–H and O–H groups in total. The predicted octanol–water partition coefficient (Wildman–Crippen LogP) is 2.18. The van der Waals surface area contributed by atoms with Gasteiger partial charge in [0.15, 0.2) is 5.96 Å². The molecule has 0 amide bonds. The quantitative estimate of drug-likeness (QED) is 0.642. The zero-order valence-corrected chi connectivity index (χ0v) is 11.8. The molecule has 1 aromatic rings. The van der Waals surface area contributed by atoms with Crippen LogP contribution in [-0.2, 0) is 6.54 Å². The highest BCUT2D eigenvalue weighted by molar-refractivity contribution is 5.78. The Bertz CT molecular complexity index is 399. The van der Waals surface area contributed by atoms with Crippen molar-refractivity contribution in [3.63, 3.8) is 0 Å². The number of aromatic nitrogens is 1. The third-order valence-corrected chi connectivity index (χ3v) is 2.62. The van der Waals surface area contributed by atoms with Crippen molar-refractivity contribution in [2.45, 2.75) is 34.2 Å². The van der Waals surface area contributed by atoms with Crippen LogP contribution < -0.4 is 5.73 Å². The van der Waals surface area contributed by atoms with E-state index in [1.54, 1.807) is 0 Å². The molecule has 0 fully saturated rings. The molecule has 0 bridgehead atoms. The lowest BCUT2D eigenvalue weighted by Gasteiger charge is -2.21. The van der Waals surface area contributed by atoms with E-state index >= 15 is 0 Å². The molecule has 0 saturated carbocycles. The summed E-state index contributed by atoms with van der Waals surface area (Å²) in [6, 6.07) is 6.04. The van der Waals surface area contributed by atoms with E-state index in [-0.39, 0.29) is 0 Å². The molecule has 1 aromatic heterocycles. The molecule has 0 saturated heterocycles. The number of aliphatic imine (C=N–C) groups is 1. The van der Waals surface area contributed by atoms with Crippen molar-refractivity contribution < 1.29 is 0 Å². The first kappa shape index (κ1) is 14.5. The molecule has 0 unspecified atom stereocenters. The van der Waals surface area contributed by atoms with E-state index in [9.17, 15) is 0 Å². The average Bonchev–Trinajstić information content (AvgIpc) is 2.33. The zero-order chi connectivity index (χ0) is 13.5. The maximum atomic E-state index is 6.01. The molecule has 0 aliphatic rings. The van der Waals surface area contributed by atoms with E-state index in [0.29, 0.717) is 18.4 Å². The number of hydrogen-bond acceptors (Lipinski definition) is 2. The molecule has 0 aliphatic heterocycles. The first-order valence-corrected chi connectivity index (χ1v) is 6.50. The Balaban J connectivity index is 2.69.